The van der Waals surface area contributed by atoms with Gasteiger partial charge >= 0.3 is 0 Å². The number of hydrogen-bond donors (Lipinski definition) is 1. The molecule has 0 saturated carbocycles. The van der Waals surface area contributed by atoms with Gasteiger partial charge in [0.15, 0.2) is 5.78 Å². The largest absolute Gasteiger partial charge is 0.346 e. The summed E-state index contributed by atoms with van der Waals surface area (Å²) in [6.45, 7) is 4.93. The Morgan fingerprint density at radius 1 is 1.43 bits per heavy atom. The van der Waals surface area contributed by atoms with Crippen molar-refractivity contribution in [3.8, 4) is 0 Å². The Morgan fingerprint density at radius 3 is 2.62 bits per heavy atom. The van der Waals surface area contributed by atoms with Crippen LogP contribution < -0.4 is 5.73 Å². The van der Waals surface area contributed by atoms with Crippen LogP contribution in [0.5, 0.6) is 0 Å². The van der Waals surface area contributed by atoms with E-state index in [0.29, 0.717) is 23.7 Å². The second-order valence-electron chi connectivity index (χ2n) is 5.80. The van der Waals surface area contributed by atoms with Gasteiger partial charge in [0.2, 0.25) is 0 Å². The minimum atomic E-state index is -0.0257. The van der Waals surface area contributed by atoms with Crippen LogP contribution in [0.2, 0.25) is 0 Å². The van der Waals surface area contributed by atoms with Crippen LogP contribution in [-0.2, 0) is 7.05 Å². The standard InChI is InChI=1S/C15H23N3O2.ClH/c1-10-4-5-18(13(6-10)8-16)15(20)14-7-12(11(2)19)9-17(14)3;/h7,9-10,13H,4-6,8,16H2,1-3H3;1H. The Kier molecular flexibility index (Phi) is 5.98. The highest BCUT2D eigenvalue weighted by molar-refractivity contribution is 5.99. The number of nitrogens with zero attached hydrogens (tertiary/aromatic N) is 2. The van der Waals surface area contributed by atoms with Crippen molar-refractivity contribution in [1.29, 1.82) is 0 Å². The zero-order valence-electron chi connectivity index (χ0n) is 12.8. The highest BCUT2D eigenvalue weighted by atomic mass is 35.5. The number of Topliss-reactive ketones (excluding diaryl/α,β-unsaturated/α-hetero) is 1. The van der Waals surface area contributed by atoms with E-state index in [2.05, 4.69) is 6.92 Å². The second kappa shape index (κ2) is 7.09. The fourth-order valence-corrected chi connectivity index (χ4v) is 2.86. The minimum absolute atomic E-state index is 0. The Hall–Kier alpha value is -1.33. The number of carbonyl (C=O) groups is 2. The highest BCUT2D eigenvalue weighted by Gasteiger charge is 2.30. The van der Waals surface area contributed by atoms with Crippen LogP contribution in [-0.4, -0.2) is 40.3 Å². The molecule has 21 heavy (non-hydrogen) atoms. The summed E-state index contributed by atoms with van der Waals surface area (Å²) in [6, 6.07) is 1.78. The second-order valence-corrected chi connectivity index (χ2v) is 5.80. The number of amides is 1. The van der Waals surface area contributed by atoms with Gasteiger partial charge < -0.3 is 15.2 Å². The zero-order valence-corrected chi connectivity index (χ0v) is 13.7. The van der Waals surface area contributed by atoms with Crippen LogP contribution in [0, 0.1) is 5.92 Å². The van der Waals surface area contributed by atoms with E-state index in [-0.39, 0.29) is 30.1 Å². The molecular weight excluding hydrogens is 290 g/mol. The van der Waals surface area contributed by atoms with Gasteiger partial charge in [0, 0.05) is 37.9 Å². The lowest BCUT2D eigenvalue weighted by molar-refractivity contribution is 0.0564. The maximum Gasteiger partial charge on any atom is 0.270 e. The number of aromatic nitrogens is 1. The van der Waals surface area contributed by atoms with Crippen LogP contribution in [0.3, 0.4) is 0 Å². The smallest absolute Gasteiger partial charge is 0.270 e. The number of rotatable bonds is 3. The molecule has 0 radical (unpaired) electrons. The summed E-state index contributed by atoms with van der Waals surface area (Å²) in [4.78, 5) is 25.9. The first kappa shape index (κ1) is 17.7. The molecule has 2 N–H and O–H groups in total. The number of carbonyl (C=O) groups excluding carboxylic acids is 2. The highest BCUT2D eigenvalue weighted by Crippen LogP contribution is 2.24. The van der Waals surface area contributed by atoms with E-state index in [1.807, 2.05) is 4.90 Å². The summed E-state index contributed by atoms with van der Waals surface area (Å²) >= 11 is 0. The van der Waals surface area contributed by atoms with Gasteiger partial charge in [-0.3, -0.25) is 9.59 Å². The van der Waals surface area contributed by atoms with E-state index in [9.17, 15) is 9.59 Å². The predicted molar refractivity (Wildman–Crippen MR) is 84.9 cm³/mol. The molecule has 2 atom stereocenters. The molecule has 2 unspecified atom stereocenters. The van der Waals surface area contributed by atoms with E-state index >= 15 is 0 Å². The molecule has 1 fully saturated rings. The van der Waals surface area contributed by atoms with Crippen molar-refractivity contribution in [2.45, 2.75) is 32.7 Å². The van der Waals surface area contributed by atoms with E-state index < -0.39 is 0 Å². The fraction of sp³-hybridized carbons (Fsp3) is 0.600. The van der Waals surface area contributed by atoms with Crippen LogP contribution in [0.4, 0.5) is 0 Å². The molecule has 1 aromatic heterocycles. The topological polar surface area (TPSA) is 68.3 Å². The molecule has 5 nitrogen and oxygen atoms in total. The van der Waals surface area contributed by atoms with Gasteiger partial charge in [-0.05, 0) is 31.7 Å². The number of ketones is 1. The number of nitrogens with two attached hydrogens (primary N) is 1. The monoisotopic (exact) mass is 313 g/mol. The van der Waals surface area contributed by atoms with Crippen molar-refractivity contribution in [1.82, 2.24) is 9.47 Å². The summed E-state index contributed by atoms with van der Waals surface area (Å²) in [5.74, 6) is 0.554. The molecule has 118 valence electrons. The fourth-order valence-electron chi connectivity index (χ4n) is 2.86. The van der Waals surface area contributed by atoms with Crippen molar-refractivity contribution in [2.75, 3.05) is 13.1 Å². The van der Waals surface area contributed by atoms with Crippen molar-refractivity contribution in [3.05, 3.63) is 23.5 Å². The average Bonchev–Trinajstić information content (AvgIpc) is 2.80. The molecule has 0 aromatic carbocycles. The van der Waals surface area contributed by atoms with Gasteiger partial charge in [-0.15, -0.1) is 12.4 Å². The number of likely N-dealkylation sites (tertiary alicyclic amines) is 1. The third-order valence-corrected chi connectivity index (χ3v) is 4.14. The van der Waals surface area contributed by atoms with Crippen LogP contribution in [0.1, 0.15) is 47.5 Å². The van der Waals surface area contributed by atoms with Gasteiger partial charge in [0.25, 0.3) is 5.91 Å². The summed E-state index contributed by atoms with van der Waals surface area (Å²) in [5, 5.41) is 0. The molecule has 2 heterocycles. The predicted octanol–water partition coefficient (Wildman–Crippen LogP) is 1.85. The van der Waals surface area contributed by atoms with Gasteiger partial charge in [0.05, 0.1) is 0 Å². The quantitative estimate of drug-likeness (QED) is 0.866. The Morgan fingerprint density at radius 2 is 2.10 bits per heavy atom. The number of hydrogen-bond acceptors (Lipinski definition) is 3. The van der Waals surface area contributed by atoms with Gasteiger partial charge in [-0.2, -0.15) is 0 Å². The van der Waals surface area contributed by atoms with E-state index in [1.165, 1.54) is 6.92 Å². The first-order valence-electron chi connectivity index (χ1n) is 7.12. The maximum absolute atomic E-state index is 12.7. The molecule has 1 aromatic rings. The minimum Gasteiger partial charge on any atom is -0.346 e. The third kappa shape index (κ3) is 3.66. The van der Waals surface area contributed by atoms with Crippen LogP contribution >= 0.6 is 12.4 Å². The zero-order chi connectivity index (χ0) is 14.9. The molecule has 6 heteroatoms. The molecule has 1 aliphatic heterocycles. The van der Waals surface area contributed by atoms with Crippen molar-refractivity contribution >= 4 is 24.1 Å². The molecule has 2 rings (SSSR count). The molecule has 1 saturated heterocycles. The molecule has 0 spiro atoms. The maximum atomic E-state index is 12.7. The molecular formula is C15H24ClN3O2. The summed E-state index contributed by atoms with van der Waals surface area (Å²) < 4.78 is 1.73. The normalized spacial score (nSPS) is 21.8. The summed E-state index contributed by atoms with van der Waals surface area (Å²) in [5.41, 5.74) is 6.94. The SMILES string of the molecule is CC(=O)c1cc(C(=O)N2CCC(C)CC2CN)n(C)c1.Cl. The van der Waals surface area contributed by atoms with Crippen molar-refractivity contribution < 1.29 is 9.59 Å². The van der Waals surface area contributed by atoms with Crippen molar-refractivity contribution in [3.63, 3.8) is 0 Å². The Balaban J connectivity index is 0.00000220. The van der Waals surface area contributed by atoms with Crippen LogP contribution in [0.15, 0.2) is 12.3 Å². The van der Waals surface area contributed by atoms with E-state index in [4.69, 9.17) is 5.73 Å². The van der Waals surface area contributed by atoms with Crippen molar-refractivity contribution in [2.24, 2.45) is 18.7 Å². The molecule has 1 amide bonds. The van der Waals surface area contributed by atoms with E-state index in [1.54, 1.807) is 23.9 Å². The lowest BCUT2D eigenvalue weighted by atomic mass is 9.92. The number of aryl methyl sites for hydroxylation is 1. The molecule has 0 aliphatic carbocycles. The first-order valence-corrected chi connectivity index (χ1v) is 7.12. The molecule has 1 aliphatic rings. The average molecular weight is 314 g/mol. The Bertz CT molecular complexity index is 527. The molecule has 0 bridgehead atoms. The Labute approximate surface area is 131 Å². The number of halogens is 1. The first-order chi connectivity index (χ1) is 9.43. The van der Waals surface area contributed by atoms with E-state index in [0.717, 1.165) is 19.4 Å². The lowest BCUT2D eigenvalue weighted by Crippen LogP contribution is -2.49. The summed E-state index contributed by atoms with van der Waals surface area (Å²) in [7, 11) is 1.80. The number of piperidine rings is 1. The van der Waals surface area contributed by atoms with Gasteiger partial charge in [0.1, 0.15) is 5.69 Å². The van der Waals surface area contributed by atoms with Crippen LogP contribution in [0.25, 0.3) is 0 Å². The van der Waals surface area contributed by atoms with Gasteiger partial charge in [-0.25, -0.2) is 0 Å². The van der Waals surface area contributed by atoms with Gasteiger partial charge in [-0.1, -0.05) is 6.92 Å². The third-order valence-electron chi connectivity index (χ3n) is 4.14. The summed E-state index contributed by atoms with van der Waals surface area (Å²) in [6.07, 6.45) is 3.66. The lowest BCUT2D eigenvalue weighted by Gasteiger charge is -2.38.